The highest BCUT2D eigenvalue weighted by atomic mass is 16.2. The van der Waals surface area contributed by atoms with Crippen LogP contribution < -0.4 is 5.73 Å². The van der Waals surface area contributed by atoms with Crippen molar-refractivity contribution in [1.82, 2.24) is 9.97 Å². The Morgan fingerprint density at radius 2 is 2.21 bits per heavy atom. The maximum absolute atomic E-state index is 11.3. The Morgan fingerprint density at radius 1 is 1.43 bits per heavy atom. The minimum atomic E-state index is -0.975. The summed E-state index contributed by atoms with van der Waals surface area (Å²) in [6, 6.07) is 3.50. The van der Waals surface area contributed by atoms with Gasteiger partial charge in [-0.05, 0) is 12.1 Å². The van der Waals surface area contributed by atoms with Crippen LogP contribution in [-0.4, -0.2) is 21.7 Å². The van der Waals surface area contributed by atoms with E-state index in [0.29, 0.717) is 11.0 Å². The molecule has 1 amide bonds. The van der Waals surface area contributed by atoms with Crippen LogP contribution in [0, 0.1) is 0 Å². The lowest BCUT2D eigenvalue weighted by molar-refractivity contribution is -0.114. The number of ketones is 1. The van der Waals surface area contributed by atoms with Crippen LogP contribution in [0.25, 0.3) is 11.0 Å². The summed E-state index contributed by atoms with van der Waals surface area (Å²) >= 11 is 0. The highest BCUT2D eigenvalue weighted by Crippen LogP contribution is 2.14. The third-order valence-electron chi connectivity index (χ3n) is 1.90. The third-order valence-corrected chi connectivity index (χ3v) is 1.90. The van der Waals surface area contributed by atoms with Gasteiger partial charge in [0.25, 0.3) is 11.7 Å². The highest BCUT2D eigenvalue weighted by molar-refractivity contribution is 6.44. The summed E-state index contributed by atoms with van der Waals surface area (Å²) in [7, 11) is 0. The van der Waals surface area contributed by atoms with Gasteiger partial charge in [0, 0.05) is 12.4 Å². The molecule has 2 aromatic rings. The number of fused-ring (bicyclic) bond motifs is 1. The molecule has 0 atom stereocenters. The number of rotatable bonds is 2. The van der Waals surface area contributed by atoms with Gasteiger partial charge in [0.1, 0.15) is 0 Å². The Morgan fingerprint density at radius 3 is 2.93 bits per heavy atom. The number of carbonyl (C=O) groups is 2. The average Bonchev–Trinajstić information content (AvgIpc) is 2.60. The second-order valence-corrected chi connectivity index (χ2v) is 2.80. The molecule has 0 radical (unpaired) electrons. The summed E-state index contributed by atoms with van der Waals surface area (Å²) in [4.78, 5) is 28.8. The molecule has 0 bridgehead atoms. The lowest BCUT2D eigenvalue weighted by atomic mass is 10.2. The van der Waals surface area contributed by atoms with Crippen LogP contribution in [-0.2, 0) is 4.79 Å². The zero-order valence-electron chi connectivity index (χ0n) is 7.15. The number of carbonyl (C=O) groups excluding carboxylic acids is 2. The second-order valence-electron chi connectivity index (χ2n) is 2.80. The van der Waals surface area contributed by atoms with Gasteiger partial charge in [-0.15, -0.1) is 0 Å². The molecule has 0 aliphatic heterocycles. The first-order valence-electron chi connectivity index (χ1n) is 3.96. The summed E-state index contributed by atoms with van der Waals surface area (Å²) in [5.74, 6) is -1.70. The van der Waals surface area contributed by atoms with Crippen LogP contribution in [0.4, 0.5) is 0 Å². The summed E-state index contributed by atoms with van der Waals surface area (Å²) in [6.07, 6.45) is 2.98. The van der Waals surface area contributed by atoms with E-state index in [9.17, 15) is 9.59 Å². The number of nitrogens with two attached hydrogens (primary N) is 1. The summed E-state index contributed by atoms with van der Waals surface area (Å²) in [6.45, 7) is 0. The number of aromatic amines is 1. The number of pyridine rings is 1. The molecule has 2 rings (SSSR count). The number of primary amides is 1. The van der Waals surface area contributed by atoms with Crippen LogP contribution in [0.5, 0.6) is 0 Å². The number of nitrogens with one attached hydrogen (secondary N) is 1. The molecule has 3 N–H and O–H groups in total. The molecule has 0 spiro atoms. The normalized spacial score (nSPS) is 10.3. The van der Waals surface area contributed by atoms with Crippen molar-refractivity contribution < 1.29 is 9.59 Å². The van der Waals surface area contributed by atoms with E-state index in [4.69, 9.17) is 5.73 Å². The van der Waals surface area contributed by atoms with E-state index in [0.717, 1.165) is 0 Å². The molecule has 5 heteroatoms. The lowest BCUT2D eigenvalue weighted by Gasteiger charge is -1.92. The van der Waals surface area contributed by atoms with E-state index in [1.165, 1.54) is 6.20 Å². The largest absolute Gasteiger partial charge is 0.363 e. The van der Waals surface area contributed by atoms with E-state index in [2.05, 4.69) is 9.97 Å². The zero-order valence-corrected chi connectivity index (χ0v) is 7.15. The van der Waals surface area contributed by atoms with Crippen molar-refractivity contribution in [3.8, 4) is 0 Å². The van der Waals surface area contributed by atoms with Gasteiger partial charge >= 0.3 is 0 Å². The second kappa shape index (κ2) is 2.95. The number of aromatic nitrogens is 2. The minimum absolute atomic E-state index is 0.216. The lowest BCUT2D eigenvalue weighted by Crippen LogP contribution is -2.22. The predicted octanol–water partition coefficient (Wildman–Crippen LogP) is 0.231. The highest BCUT2D eigenvalue weighted by Gasteiger charge is 2.17. The molecule has 0 aliphatic rings. The molecule has 0 aromatic carbocycles. The van der Waals surface area contributed by atoms with Crippen LogP contribution in [0.2, 0.25) is 0 Å². The standard InChI is InChI=1S/C9H7N3O2/c10-9(14)8(13)5-4-12-6-2-1-3-11-7(5)6/h1-4,12H,(H2,10,14). The average molecular weight is 189 g/mol. The van der Waals surface area contributed by atoms with Crippen molar-refractivity contribution in [3.63, 3.8) is 0 Å². The Bertz CT molecular complexity index is 516. The molecule has 0 aliphatic carbocycles. The molecular formula is C9H7N3O2. The van der Waals surface area contributed by atoms with Crippen LogP contribution in [0.1, 0.15) is 10.4 Å². The number of H-pyrrole nitrogens is 1. The van der Waals surface area contributed by atoms with Gasteiger partial charge in [0.05, 0.1) is 16.6 Å². The third kappa shape index (κ3) is 1.15. The maximum atomic E-state index is 11.3. The monoisotopic (exact) mass is 189 g/mol. The van der Waals surface area contributed by atoms with Crippen LogP contribution in [0.15, 0.2) is 24.5 Å². The molecule has 14 heavy (non-hydrogen) atoms. The van der Waals surface area contributed by atoms with Gasteiger partial charge < -0.3 is 10.7 Å². The zero-order chi connectivity index (χ0) is 10.1. The fraction of sp³-hybridized carbons (Fsp3) is 0. The Labute approximate surface area is 78.9 Å². The molecule has 5 nitrogen and oxygen atoms in total. The molecule has 0 fully saturated rings. The molecule has 0 unspecified atom stereocenters. The fourth-order valence-electron chi connectivity index (χ4n) is 1.26. The van der Waals surface area contributed by atoms with Crippen LogP contribution in [0.3, 0.4) is 0 Å². The van der Waals surface area contributed by atoms with Crippen LogP contribution >= 0.6 is 0 Å². The molecule has 0 saturated carbocycles. The molecule has 2 heterocycles. The quantitative estimate of drug-likeness (QED) is 0.523. The first-order valence-corrected chi connectivity index (χ1v) is 3.96. The Balaban J connectivity index is 2.64. The maximum Gasteiger partial charge on any atom is 0.289 e. The summed E-state index contributed by atoms with van der Waals surface area (Å²) in [5.41, 5.74) is 6.28. The topological polar surface area (TPSA) is 88.8 Å². The summed E-state index contributed by atoms with van der Waals surface area (Å²) < 4.78 is 0. The number of hydrogen-bond donors (Lipinski definition) is 2. The van der Waals surface area contributed by atoms with E-state index in [1.54, 1.807) is 18.3 Å². The smallest absolute Gasteiger partial charge is 0.289 e. The van der Waals surface area contributed by atoms with Gasteiger partial charge in [-0.2, -0.15) is 0 Å². The van der Waals surface area contributed by atoms with Gasteiger partial charge in [-0.1, -0.05) is 0 Å². The fourth-order valence-corrected chi connectivity index (χ4v) is 1.26. The molecular weight excluding hydrogens is 182 g/mol. The Kier molecular flexibility index (Phi) is 1.78. The van der Waals surface area contributed by atoms with E-state index >= 15 is 0 Å². The van der Waals surface area contributed by atoms with Crippen molar-refractivity contribution >= 4 is 22.7 Å². The van der Waals surface area contributed by atoms with Crippen molar-refractivity contribution in [2.45, 2.75) is 0 Å². The van der Waals surface area contributed by atoms with E-state index < -0.39 is 11.7 Å². The Hall–Kier alpha value is -2.17. The number of hydrogen-bond acceptors (Lipinski definition) is 3. The first-order chi connectivity index (χ1) is 6.70. The van der Waals surface area contributed by atoms with Crippen molar-refractivity contribution in [3.05, 3.63) is 30.1 Å². The molecule has 0 saturated heterocycles. The predicted molar refractivity (Wildman–Crippen MR) is 49.6 cm³/mol. The van der Waals surface area contributed by atoms with E-state index in [-0.39, 0.29) is 5.56 Å². The van der Waals surface area contributed by atoms with Crippen molar-refractivity contribution in [2.75, 3.05) is 0 Å². The van der Waals surface area contributed by atoms with Gasteiger partial charge in [0.15, 0.2) is 0 Å². The van der Waals surface area contributed by atoms with Gasteiger partial charge in [-0.25, -0.2) is 0 Å². The van der Waals surface area contributed by atoms with E-state index in [1.807, 2.05) is 0 Å². The number of Topliss-reactive ketones (excluding diaryl/α,β-unsaturated/α-hetero) is 1. The van der Waals surface area contributed by atoms with Crippen molar-refractivity contribution in [2.24, 2.45) is 5.73 Å². The molecule has 70 valence electrons. The first kappa shape index (κ1) is 8.43. The van der Waals surface area contributed by atoms with Crippen molar-refractivity contribution in [1.29, 1.82) is 0 Å². The van der Waals surface area contributed by atoms with Gasteiger partial charge in [0.2, 0.25) is 0 Å². The van der Waals surface area contributed by atoms with Gasteiger partial charge in [-0.3, -0.25) is 14.6 Å². The summed E-state index contributed by atoms with van der Waals surface area (Å²) in [5, 5.41) is 0. The minimum Gasteiger partial charge on any atom is -0.363 e. The number of amides is 1. The number of nitrogens with zero attached hydrogens (tertiary/aromatic N) is 1. The molecule has 2 aromatic heterocycles. The SMILES string of the molecule is NC(=O)C(=O)c1c[nH]c2cccnc12.